The molecule has 5 nitrogen and oxygen atoms in total. The van der Waals surface area contributed by atoms with Crippen molar-refractivity contribution in [1.82, 2.24) is 4.90 Å². The van der Waals surface area contributed by atoms with Gasteiger partial charge in [-0.3, -0.25) is 4.90 Å². The zero-order chi connectivity index (χ0) is 14.3. The summed E-state index contributed by atoms with van der Waals surface area (Å²) in [5, 5.41) is 9.47. The van der Waals surface area contributed by atoms with Crippen LogP contribution in [0.15, 0.2) is 24.3 Å². The second kappa shape index (κ2) is 8.12. The molecule has 0 aliphatic carbocycles. The Bertz CT molecular complexity index is 373. The van der Waals surface area contributed by atoms with Gasteiger partial charge in [-0.1, -0.05) is 12.1 Å². The second-order valence-electron chi connectivity index (χ2n) is 4.64. The molecule has 0 fully saturated rings. The molecule has 1 aromatic rings. The lowest BCUT2D eigenvalue weighted by Gasteiger charge is -2.31. The van der Waals surface area contributed by atoms with Crippen LogP contribution in [0.4, 0.5) is 0 Å². The maximum Gasteiger partial charge on any atom is 0.119 e. The molecule has 1 aromatic carbocycles. The average Bonchev–Trinajstić information content (AvgIpc) is 2.40. The zero-order valence-corrected chi connectivity index (χ0v) is 11.9. The first-order chi connectivity index (χ1) is 9.12. The fourth-order valence-corrected chi connectivity index (χ4v) is 2.08. The number of hydrogen-bond acceptors (Lipinski definition) is 5. The van der Waals surface area contributed by atoms with E-state index in [0.29, 0.717) is 13.2 Å². The van der Waals surface area contributed by atoms with Gasteiger partial charge in [-0.15, -0.1) is 0 Å². The molecule has 108 valence electrons. The molecule has 19 heavy (non-hydrogen) atoms. The van der Waals surface area contributed by atoms with Gasteiger partial charge in [0.1, 0.15) is 5.75 Å². The monoisotopic (exact) mass is 268 g/mol. The standard InChI is InChI=1S/C14H24N2O3/c1-16(14(9-17)13(15)10-18-2)8-11-5-4-6-12(7-11)19-3/h4-7,13-14,17H,8-10,15H2,1-3H3. The molecule has 0 heterocycles. The van der Waals surface area contributed by atoms with E-state index in [4.69, 9.17) is 15.2 Å². The molecule has 0 amide bonds. The number of methoxy groups -OCH3 is 2. The lowest BCUT2D eigenvalue weighted by molar-refractivity contribution is 0.0817. The molecule has 2 unspecified atom stereocenters. The molecular formula is C14H24N2O3. The Morgan fingerprint density at radius 2 is 2.11 bits per heavy atom. The molecule has 2 atom stereocenters. The van der Waals surface area contributed by atoms with Crippen molar-refractivity contribution in [3.8, 4) is 5.75 Å². The number of aliphatic hydroxyl groups excluding tert-OH is 1. The van der Waals surface area contributed by atoms with E-state index in [1.165, 1.54) is 0 Å². The van der Waals surface area contributed by atoms with E-state index in [1.54, 1.807) is 14.2 Å². The summed E-state index contributed by atoms with van der Waals surface area (Å²) in [4.78, 5) is 2.03. The van der Waals surface area contributed by atoms with Gasteiger partial charge in [0.05, 0.1) is 26.4 Å². The summed E-state index contributed by atoms with van der Waals surface area (Å²) in [6, 6.07) is 7.51. The van der Waals surface area contributed by atoms with E-state index in [-0.39, 0.29) is 18.7 Å². The molecule has 3 N–H and O–H groups in total. The van der Waals surface area contributed by atoms with Crippen LogP contribution in [-0.2, 0) is 11.3 Å². The van der Waals surface area contributed by atoms with Gasteiger partial charge >= 0.3 is 0 Å². The van der Waals surface area contributed by atoms with Crippen LogP contribution in [0.3, 0.4) is 0 Å². The van der Waals surface area contributed by atoms with E-state index in [9.17, 15) is 5.11 Å². The zero-order valence-electron chi connectivity index (χ0n) is 11.9. The van der Waals surface area contributed by atoms with Gasteiger partial charge < -0.3 is 20.3 Å². The highest BCUT2D eigenvalue weighted by Gasteiger charge is 2.21. The summed E-state index contributed by atoms with van der Waals surface area (Å²) in [5.74, 6) is 0.827. The van der Waals surface area contributed by atoms with Crippen LogP contribution in [0.5, 0.6) is 5.75 Å². The van der Waals surface area contributed by atoms with Crippen LogP contribution in [0.1, 0.15) is 5.56 Å². The Kier molecular flexibility index (Phi) is 6.80. The number of nitrogens with two attached hydrogens (primary N) is 1. The summed E-state index contributed by atoms with van der Waals surface area (Å²) in [6.07, 6.45) is 0. The highest BCUT2D eigenvalue weighted by Crippen LogP contribution is 2.15. The minimum Gasteiger partial charge on any atom is -0.497 e. The molecule has 0 saturated heterocycles. The van der Waals surface area contributed by atoms with Crippen molar-refractivity contribution in [2.45, 2.75) is 18.6 Å². The predicted molar refractivity (Wildman–Crippen MR) is 75.2 cm³/mol. The Labute approximate surface area is 114 Å². The highest BCUT2D eigenvalue weighted by atomic mass is 16.5. The predicted octanol–water partition coefficient (Wildman–Crippen LogP) is 0.462. The first-order valence-corrected chi connectivity index (χ1v) is 6.31. The maximum atomic E-state index is 9.47. The Morgan fingerprint density at radius 3 is 2.68 bits per heavy atom. The van der Waals surface area contributed by atoms with Crippen LogP contribution < -0.4 is 10.5 Å². The van der Waals surface area contributed by atoms with Crippen molar-refractivity contribution >= 4 is 0 Å². The van der Waals surface area contributed by atoms with Gasteiger partial charge in [0.2, 0.25) is 0 Å². The smallest absolute Gasteiger partial charge is 0.119 e. The molecule has 0 bridgehead atoms. The summed E-state index contributed by atoms with van der Waals surface area (Å²) in [5.41, 5.74) is 7.11. The number of ether oxygens (including phenoxy) is 2. The number of aliphatic hydroxyl groups is 1. The summed E-state index contributed by atoms with van der Waals surface area (Å²) in [6.45, 7) is 1.12. The van der Waals surface area contributed by atoms with E-state index in [2.05, 4.69) is 0 Å². The molecule has 5 heteroatoms. The van der Waals surface area contributed by atoms with Crippen molar-refractivity contribution in [1.29, 1.82) is 0 Å². The van der Waals surface area contributed by atoms with Crippen LogP contribution in [0, 0.1) is 0 Å². The maximum absolute atomic E-state index is 9.47. The van der Waals surface area contributed by atoms with Crippen LogP contribution in [0.25, 0.3) is 0 Å². The van der Waals surface area contributed by atoms with Gasteiger partial charge in [-0.05, 0) is 24.7 Å². The summed E-state index contributed by atoms with van der Waals surface area (Å²) >= 11 is 0. The number of hydrogen-bond donors (Lipinski definition) is 2. The second-order valence-corrected chi connectivity index (χ2v) is 4.64. The first kappa shape index (κ1) is 15.9. The van der Waals surface area contributed by atoms with E-state index in [1.807, 2.05) is 36.2 Å². The minimum atomic E-state index is -0.217. The van der Waals surface area contributed by atoms with Gasteiger partial charge in [0, 0.05) is 19.7 Å². The Morgan fingerprint density at radius 1 is 1.37 bits per heavy atom. The van der Waals surface area contributed by atoms with Crippen LogP contribution >= 0.6 is 0 Å². The number of nitrogens with zero attached hydrogens (tertiary/aromatic N) is 1. The van der Waals surface area contributed by atoms with Crippen LogP contribution in [-0.4, -0.2) is 56.6 Å². The number of benzene rings is 1. The molecule has 0 aromatic heterocycles. The van der Waals surface area contributed by atoms with Crippen molar-refractivity contribution < 1.29 is 14.6 Å². The normalized spacial score (nSPS) is 14.4. The molecule has 0 aliphatic heterocycles. The van der Waals surface area contributed by atoms with Crippen molar-refractivity contribution in [3.05, 3.63) is 29.8 Å². The van der Waals surface area contributed by atoms with Gasteiger partial charge in [0.25, 0.3) is 0 Å². The minimum absolute atomic E-state index is 0.00496. The van der Waals surface area contributed by atoms with Crippen LogP contribution in [0.2, 0.25) is 0 Å². The molecular weight excluding hydrogens is 244 g/mol. The third-order valence-electron chi connectivity index (χ3n) is 3.17. The Hall–Kier alpha value is -1.14. The first-order valence-electron chi connectivity index (χ1n) is 6.31. The van der Waals surface area contributed by atoms with Crippen molar-refractivity contribution in [2.75, 3.05) is 34.5 Å². The Balaban J connectivity index is 2.67. The highest BCUT2D eigenvalue weighted by molar-refractivity contribution is 5.28. The number of likely N-dealkylation sites (N-methyl/N-ethyl adjacent to an activating group) is 1. The molecule has 0 spiro atoms. The quantitative estimate of drug-likeness (QED) is 0.717. The van der Waals surface area contributed by atoms with Crippen molar-refractivity contribution in [3.63, 3.8) is 0 Å². The van der Waals surface area contributed by atoms with E-state index >= 15 is 0 Å². The number of rotatable bonds is 8. The lowest BCUT2D eigenvalue weighted by Crippen LogP contribution is -2.50. The molecule has 0 aliphatic rings. The molecule has 0 saturated carbocycles. The fraction of sp³-hybridized carbons (Fsp3) is 0.571. The topological polar surface area (TPSA) is 68.0 Å². The molecule has 1 rings (SSSR count). The van der Waals surface area contributed by atoms with Gasteiger partial charge in [-0.25, -0.2) is 0 Å². The summed E-state index contributed by atoms with van der Waals surface area (Å²) < 4.78 is 10.2. The summed E-state index contributed by atoms with van der Waals surface area (Å²) in [7, 11) is 5.19. The van der Waals surface area contributed by atoms with E-state index in [0.717, 1.165) is 11.3 Å². The largest absolute Gasteiger partial charge is 0.497 e. The third kappa shape index (κ3) is 4.80. The lowest BCUT2D eigenvalue weighted by atomic mass is 10.1. The fourth-order valence-electron chi connectivity index (χ4n) is 2.08. The van der Waals surface area contributed by atoms with Gasteiger partial charge in [-0.2, -0.15) is 0 Å². The molecule has 0 radical (unpaired) electrons. The van der Waals surface area contributed by atoms with Crippen molar-refractivity contribution in [2.24, 2.45) is 5.73 Å². The van der Waals surface area contributed by atoms with Gasteiger partial charge in [0.15, 0.2) is 0 Å². The SMILES string of the molecule is COCC(N)C(CO)N(C)Cc1cccc(OC)c1. The third-order valence-corrected chi connectivity index (χ3v) is 3.17. The van der Waals surface area contributed by atoms with E-state index < -0.39 is 0 Å². The average molecular weight is 268 g/mol.